The highest BCUT2D eigenvalue weighted by molar-refractivity contribution is 5.76. The predicted molar refractivity (Wildman–Crippen MR) is 53.9 cm³/mol. The molecule has 0 aliphatic carbocycles. The zero-order valence-electron chi connectivity index (χ0n) is 8.27. The minimum Gasteiger partial charge on any atom is -0.481 e. The van der Waals surface area contributed by atoms with E-state index in [4.69, 9.17) is 10.1 Å². The lowest BCUT2D eigenvalue weighted by Crippen LogP contribution is -2.09. The van der Waals surface area contributed by atoms with Crippen LogP contribution in [0.4, 0.5) is 5.69 Å². The smallest absolute Gasteiger partial charge is 0.291 e. The summed E-state index contributed by atoms with van der Waals surface area (Å²) in [4.78, 5) is 14.0. The maximum absolute atomic E-state index is 10.6. The lowest BCUT2D eigenvalue weighted by atomic mass is 10.2. The number of nitro groups is 1. The molecule has 0 saturated carbocycles. The SMILES string of the molecule is CCOC(=N)Cc1ncccc1[N+](=O)[O-]. The third kappa shape index (κ3) is 3.01. The third-order valence-electron chi connectivity index (χ3n) is 1.71. The zero-order valence-corrected chi connectivity index (χ0v) is 8.27. The lowest BCUT2D eigenvalue weighted by Gasteiger charge is -2.04. The average molecular weight is 209 g/mol. The van der Waals surface area contributed by atoms with Crippen molar-refractivity contribution < 1.29 is 9.66 Å². The molecule has 0 aromatic carbocycles. The van der Waals surface area contributed by atoms with Gasteiger partial charge in [0.15, 0.2) is 5.90 Å². The van der Waals surface area contributed by atoms with E-state index in [1.807, 2.05) is 0 Å². The molecule has 0 unspecified atom stereocenters. The van der Waals surface area contributed by atoms with Crippen molar-refractivity contribution in [2.75, 3.05) is 6.61 Å². The van der Waals surface area contributed by atoms with Crippen LogP contribution >= 0.6 is 0 Å². The molecular formula is C9H11N3O3. The highest BCUT2D eigenvalue weighted by Gasteiger charge is 2.15. The summed E-state index contributed by atoms with van der Waals surface area (Å²) in [5.41, 5.74) is 0.169. The molecule has 0 spiro atoms. The second-order valence-corrected chi connectivity index (χ2v) is 2.76. The average Bonchev–Trinajstić information content (AvgIpc) is 2.18. The van der Waals surface area contributed by atoms with E-state index >= 15 is 0 Å². The van der Waals surface area contributed by atoms with Crippen LogP contribution in [0, 0.1) is 15.5 Å². The topological polar surface area (TPSA) is 89.1 Å². The summed E-state index contributed by atoms with van der Waals surface area (Å²) >= 11 is 0. The van der Waals surface area contributed by atoms with E-state index in [1.54, 1.807) is 6.92 Å². The van der Waals surface area contributed by atoms with Gasteiger partial charge in [-0.2, -0.15) is 0 Å². The third-order valence-corrected chi connectivity index (χ3v) is 1.71. The summed E-state index contributed by atoms with van der Waals surface area (Å²) in [6.45, 7) is 2.13. The van der Waals surface area contributed by atoms with Gasteiger partial charge in [0.1, 0.15) is 5.69 Å². The fourth-order valence-electron chi connectivity index (χ4n) is 1.11. The second kappa shape index (κ2) is 5.04. The van der Waals surface area contributed by atoms with Crippen LogP contribution < -0.4 is 0 Å². The molecule has 1 aromatic heterocycles. The quantitative estimate of drug-likeness (QED) is 0.352. The number of nitrogens with zero attached hydrogens (tertiary/aromatic N) is 2. The van der Waals surface area contributed by atoms with Gasteiger partial charge >= 0.3 is 0 Å². The molecule has 15 heavy (non-hydrogen) atoms. The number of nitrogens with one attached hydrogen (secondary N) is 1. The van der Waals surface area contributed by atoms with Crippen LogP contribution in [-0.4, -0.2) is 22.4 Å². The molecule has 1 heterocycles. The Morgan fingerprint density at radius 1 is 1.73 bits per heavy atom. The Labute approximate surface area is 86.6 Å². The van der Waals surface area contributed by atoms with Gasteiger partial charge in [-0.3, -0.25) is 20.5 Å². The fourth-order valence-corrected chi connectivity index (χ4v) is 1.11. The Kier molecular flexibility index (Phi) is 3.73. The van der Waals surface area contributed by atoms with E-state index in [0.29, 0.717) is 6.61 Å². The predicted octanol–water partition coefficient (Wildman–Crippen LogP) is 1.55. The highest BCUT2D eigenvalue weighted by atomic mass is 16.6. The monoisotopic (exact) mass is 209 g/mol. The number of rotatable bonds is 4. The van der Waals surface area contributed by atoms with E-state index in [2.05, 4.69) is 4.98 Å². The van der Waals surface area contributed by atoms with E-state index in [1.165, 1.54) is 18.3 Å². The van der Waals surface area contributed by atoms with Gasteiger partial charge in [0.25, 0.3) is 5.69 Å². The summed E-state index contributed by atoms with van der Waals surface area (Å²) in [6.07, 6.45) is 1.51. The molecule has 0 aliphatic rings. The lowest BCUT2D eigenvalue weighted by molar-refractivity contribution is -0.385. The van der Waals surface area contributed by atoms with Crippen molar-refractivity contribution >= 4 is 11.6 Å². The molecule has 1 aromatic rings. The summed E-state index contributed by atoms with van der Waals surface area (Å²) in [7, 11) is 0. The first-order valence-electron chi connectivity index (χ1n) is 4.43. The van der Waals surface area contributed by atoms with Crippen molar-refractivity contribution in [1.29, 1.82) is 5.41 Å². The highest BCUT2D eigenvalue weighted by Crippen LogP contribution is 2.15. The van der Waals surface area contributed by atoms with Gasteiger partial charge in [-0.25, -0.2) is 0 Å². The summed E-state index contributed by atoms with van der Waals surface area (Å²) in [6, 6.07) is 2.85. The molecular weight excluding hydrogens is 198 g/mol. The van der Waals surface area contributed by atoms with Crippen LogP contribution in [0.5, 0.6) is 0 Å². The van der Waals surface area contributed by atoms with Crippen LogP contribution in [0.2, 0.25) is 0 Å². The van der Waals surface area contributed by atoms with E-state index in [9.17, 15) is 10.1 Å². The number of aromatic nitrogens is 1. The van der Waals surface area contributed by atoms with Crippen LogP contribution in [0.25, 0.3) is 0 Å². The Morgan fingerprint density at radius 3 is 3.07 bits per heavy atom. The molecule has 6 heteroatoms. The normalized spacial score (nSPS) is 9.67. The van der Waals surface area contributed by atoms with E-state index in [0.717, 1.165) is 0 Å². The molecule has 0 atom stereocenters. The number of hydrogen-bond acceptors (Lipinski definition) is 5. The van der Waals surface area contributed by atoms with Gasteiger partial charge in [0.2, 0.25) is 0 Å². The van der Waals surface area contributed by atoms with Crippen LogP contribution in [0.3, 0.4) is 0 Å². The molecule has 1 N–H and O–H groups in total. The molecule has 0 fully saturated rings. The minimum absolute atomic E-state index is 0.0145. The van der Waals surface area contributed by atoms with E-state index < -0.39 is 4.92 Å². The van der Waals surface area contributed by atoms with Gasteiger partial charge < -0.3 is 4.74 Å². The molecule has 1 rings (SSSR count). The molecule has 0 bridgehead atoms. The van der Waals surface area contributed by atoms with Crippen molar-refractivity contribution in [1.82, 2.24) is 4.98 Å². The first-order valence-corrected chi connectivity index (χ1v) is 4.43. The number of pyridine rings is 1. The van der Waals surface area contributed by atoms with Crippen molar-refractivity contribution in [3.05, 3.63) is 34.1 Å². The second-order valence-electron chi connectivity index (χ2n) is 2.76. The molecule has 0 aliphatic heterocycles. The Hall–Kier alpha value is -1.98. The van der Waals surface area contributed by atoms with Crippen molar-refractivity contribution in [3.8, 4) is 0 Å². The van der Waals surface area contributed by atoms with Crippen LogP contribution in [0.1, 0.15) is 12.6 Å². The van der Waals surface area contributed by atoms with Gasteiger partial charge in [-0.1, -0.05) is 0 Å². The standard InChI is InChI=1S/C9H11N3O3/c1-2-15-9(10)6-7-8(12(13)14)4-3-5-11-7/h3-5,10H,2,6H2,1H3. The largest absolute Gasteiger partial charge is 0.481 e. The van der Waals surface area contributed by atoms with Crippen LogP contribution in [-0.2, 0) is 11.2 Å². The molecule has 80 valence electrons. The Morgan fingerprint density at radius 2 is 2.47 bits per heavy atom. The maximum atomic E-state index is 10.6. The Balaban J connectivity index is 2.84. The summed E-state index contributed by atoms with van der Waals surface area (Å²) < 4.78 is 4.90. The molecule has 0 saturated heterocycles. The van der Waals surface area contributed by atoms with Gasteiger partial charge in [0, 0.05) is 12.3 Å². The number of hydrogen-bond donors (Lipinski definition) is 1. The zero-order chi connectivity index (χ0) is 11.3. The van der Waals surface area contributed by atoms with E-state index in [-0.39, 0.29) is 23.7 Å². The van der Waals surface area contributed by atoms with Crippen molar-refractivity contribution in [2.24, 2.45) is 0 Å². The first kappa shape index (κ1) is 11.1. The number of ether oxygens (including phenoxy) is 1. The summed E-state index contributed by atoms with van der Waals surface area (Å²) in [5, 5.41) is 18.0. The maximum Gasteiger partial charge on any atom is 0.291 e. The molecule has 0 amide bonds. The first-order chi connectivity index (χ1) is 7.15. The molecule has 6 nitrogen and oxygen atoms in total. The van der Waals surface area contributed by atoms with Crippen molar-refractivity contribution in [3.63, 3.8) is 0 Å². The summed E-state index contributed by atoms with van der Waals surface area (Å²) in [5.74, 6) is -0.0145. The fraction of sp³-hybridized carbons (Fsp3) is 0.333. The van der Waals surface area contributed by atoms with Crippen LogP contribution in [0.15, 0.2) is 18.3 Å². The molecule has 0 radical (unpaired) electrons. The Bertz CT molecular complexity index is 379. The van der Waals surface area contributed by atoms with Crippen molar-refractivity contribution in [2.45, 2.75) is 13.3 Å². The van der Waals surface area contributed by atoms with Gasteiger partial charge in [0.05, 0.1) is 18.0 Å². The van der Waals surface area contributed by atoms with Gasteiger partial charge in [-0.05, 0) is 13.0 Å². The minimum atomic E-state index is -0.512. The van der Waals surface area contributed by atoms with Gasteiger partial charge in [-0.15, -0.1) is 0 Å².